The Hall–Kier alpha value is -0.730. The molecule has 2 bridgehead atoms. The molecule has 0 aromatic heterocycles. The number of carbonyl (C=O) groups excluding carboxylic acids is 1. The van der Waals surface area contributed by atoms with Gasteiger partial charge in [0.2, 0.25) is 17.5 Å². The second-order valence-corrected chi connectivity index (χ2v) is 11.4. The summed E-state index contributed by atoms with van der Waals surface area (Å²) in [4.78, 5) is 23.9. The molecule has 1 amide bonds. The van der Waals surface area contributed by atoms with Crippen molar-refractivity contribution in [1.82, 2.24) is 5.32 Å². The zero-order valence-electron chi connectivity index (χ0n) is 18.9. The molecular formula is C23H40N2O5. The van der Waals surface area contributed by atoms with Crippen LogP contribution in [0, 0.1) is 17.8 Å². The molecule has 3 saturated carbocycles. The van der Waals surface area contributed by atoms with E-state index in [9.17, 15) is 9.90 Å². The van der Waals surface area contributed by atoms with Crippen LogP contribution in [0.1, 0.15) is 91.4 Å². The van der Waals surface area contributed by atoms with Crippen molar-refractivity contribution in [2.75, 3.05) is 6.54 Å². The van der Waals surface area contributed by atoms with Gasteiger partial charge in [0, 0.05) is 37.3 Å². The first-order chi connectivity index (χ1) is 14.0. The van der Waals surface area contributed by atoms with Crippen molar-refractivity contribution in [1.29, 1.82) is 0 Å². The maximum atomic E-state index is 12.2. The summed E-state index contributed by atoms with van der Waals surface area (Å²) in [6, 6.07) is 0. The Morgan fingerprint density at radius 2 is 1.90 bits per heavy atom. The van der Waals surface area contributed by atoms with Crippen LogP contribution in [-0.2, 0) is 19.3 Å². The van der Waals surface area contributed by atoms with E-state index in [-0.39, 0.29) is 11.8 Å². The number of hydrogen-bond acceptors (Lipinski definition) is 6. The predicted molar refractivity (Wildman–Crippen MR) is 112 cm³/mol. The molecule has 172 valence electrons. The Morgan fingerprint density at radius 3 is 2.57 bits per heavy atom. The van der Waals surface area contributed by atoms with Crippen LogP contribution in [0.3, 0.4) is 0 Å². The Kier molecular flexibility index (Phi) is 5.99. The summed E-state index contributed by atoms with van der Waals surface area (Å²) in [7, 11) is 0. The Labute approximate surface area is 180 Å². The first-order valence-corrected chi connectivity index (χ1v) is 11.8. The minimum absolute atomic E-state index is 0.0609. The third kappa shape index (κ3) is 5.01. The van der Waals surface area contributed by atoms with Crippen molar-refractivity contribution in [2.45, 2.75) is 114 Å². The molecule has 4 rings (SSSR count). The normalized spacial score (nSPS) is 44.2. The molecule has 1 aliphatic heterocycles. The van der Waals surface area contributed by atoms with Crippen molar-refractivity contribution >= 4 is 5.91 Å². The summed E-state index contributed by atoms with van der Waals surface area (Å²) in [6.07, 6.45) is 9.55. The van der Waals surface area contributed by atoms with E-state index in [4.69, 9.17) is 20.2 Å². The first-order valence-electron chi connectivity index (χ1n) is 11.8. The van der Waals surface area contributed by atoms with E-state index in [2.05, 4.69) is 5.32 Å². The lowest BCUT2D eigenvalue weighted by molar-refractivity contribution is -0.363. The minimum atomic E-state index is -0.805. The number of nitrogens with one attached hydrogen (secondary N) is 1. The number of amides is 1. The molecule has 7 nitrogen and oxygen atoms in total. The summed E-state index contributed by atoms with van der Waals surface area (Å²) in [5.41, 5.74) is 4.98. The molecule has 4 atom stereocenters. The fraction of sp³-hybridized carbons (Fsp3) is 0.957. The lowest BCUT2D eigenvalue weighted by Crippen LogP contribution is -2.50. The molecule has 4 aliphatic rings. The van der Waals surface area contributed by atoms with Crippen LogP contribution in [0.15, 0.2) is 0 Å². The van der Waals surface area contributed by atoms with Crippen LogP contribution in [0.5, 0.6) is 0 Å². The van der Waals surface area contributed by atoms with Gasteiger partial charge in [-0.05, 0) is 71.1 Å². The van der Waals surface area contributed by atoms with Crippen LogP contribution < -0.4 is 11.1 Å². The van der Waals surface area contributed by atoms with Gasteiger partial charge in [-0.25, -0.2) is 0 Å². The lowest BCUT2D eigenvalue weighted by Gasteiger charge is -2.48. The van der Waals surface area contributed by atoms with Gasteiger partial charge in [-0.1, -0.05) is 12.8 Å². The molecule has 4 fully saturated rings. The van der Waals surface area contributed by atoms with Crippen molar-refractivity contribution in [2.24, 2.45) is 23.5 Å². The van der Waals surface area contributed by atoms with E-state index in [0.717, 1.165) is 57.8 Å². The number of hydrogen-bond donors (Lipinski definition) is 3. The number of rotatable bonds is 5. The van der Waals surface area contributed by atoms with Gasteiger partial charge in [-0.15, -0.1) is 0 Å². The smallest absolute Gasteiger partial charge is 0.220 e. The lowest BCUT2D eigenvalue weighted by atomic mass is 9.63. The summed E-state index contributed by atoms with van der Waals surface area (Å²) < 4.78 is 6.50. The molecule has 1 spiro atoms. The van der Waals surface area contributed by atoms with Gasteiger partial charge in [0.05, 0.1) is 5.60 Å². The second kappa shape index (κ2) is 8.00. The molecule has 30 heavy (non-hydrogen) atoms. The fourth-order valence-corrected chi connectivity index (χ4v) is 6.07. The van der Waals surface area contributed by atoms with Gasteiger partial charge < -0.3 is 20.9 Å². The Bertz CT molecular complexity index is 642. The maximum Gasteiger partial charge on any atom is 0.220 e. The van der Waals surface area contributed by atoms with E-state index in [1.165, 1.54) is 6.42 Å². The van der Waals surface area contributed by atoms with E-state index >= 15 is 0 Å². The molecule has 0 aromatic rings. The zero-order valence-corrected chi connectivity index (χ0v) is 18.9. The molecule has 4 N–H and O–H groups in total. The van der Waals surface area contributed by atoms with Crippen LogP contribution in [0.4, 0.5) is 0 Å². The van der Waals surface area contributed by atoms with E-state index in [1.807, 2.05) is 20.8 Å². The molecule has 0 aromatic carbocycles. The zero-order chi connectivity index (χ0) is 21.6. The third-order valence-electron chi connectivity index (χ3n) is 7.74. The molecule has 1 heterocycles. The molecular weight excluding hydrogens is 384 g/mol. The van der Waals surface area contributed by atoms with Gasteiger partial charge >= 0.3 is 0 Å². The van der Waals surface area contributed by atoms with Crippen LogP contribution >= 0.6 is 0 Å². The molecule has 2 unspecified atom stereocenters. The van der Waals surface area contributed by atoms with Crippen molar-refractivity contribution < 1.29 is 24.4 Å². The number of fused-ring (bicyclic) bond motifs is 2. The molecule has 7 heteroatoms. The van der Waals surface area contributed by atoms with Crippen LogP contribution in [-0.4, -0.2) is 40.3 Å². The summed E-state index contributed by atoms with van der Waals surface area (Å²) in [5.74, 6) is -0.437. The van der Waals surface area contributed by atoms with E-state index in [0.29, 0.717) is 24.8 Å². The average Bonchev–Trinajstić information content (AvgIpc) is 2.99. The van der Waals surface area contributed by atoms with Gasteiger partial charge in [0.15, 0.2) is 0 Å². The van der Waals surface area contributed by atoms with E-state index in [1.54, 1.807) is 0 Å². The summed E-state index contributed by atoms with van der Waals surface area (Å²) >= 11 is 0. The van der Waals surface area contributed by atoms with Crippen molar-refractivity contribution in [3.63, 3.8) is 0 Å². The van der Waals surface area contributed by atoms with Gasteiger partial charge in [-0.3, -0.25) is 4.79 Å². The number of ether oxygens (including phenoxy) is 1. The van der Waals surface area contributed by atoms with Crippen LogP contribution in [0.25, 0.3) is 0 Å². The number of nitrogens with two attached hydrogens (primary N) is 1. The topological polar surface area (TPSA) is 103 Å². The monoisotopic (exact) mass is 424 g/mol. The fourth-order valence-electron chi connectivity index (χ4n) is 6.07. The highest BCUT2D eigenvalue weighted by Gasteiger charge is 2.58. The highest BCUT2D eigenvalue weighted by atomic mass is 17.3. The second-order valence-electron chi connectivity index (χ2n) is 11.4. The number of aliphatic hydroxyl groups is 1. The standard InChI is InChI=1S/C23H40N2O5/c1-20(2,24)15-25-19(26)12-16-6-9-23(10-7-16)28-21(3,29-30-23)18-11-17-5-4-8-22(27,13-17)14-18/h16-18,27H,4-15,24H2,1-3H3,(H,25,26)/t16?,17?,18?,21-,22-,23?/m0/s1. The number of carbonyl (C=O) groups is 1. The minimum Gasteiger partial charge on any atom is -0.390 e. The SMILES string of the molecule is CC(C)(N)CNC(=O)CC1CCC2(CC1)OO[C@@](C)(C1CC3CCC[C@](O)(C3)C1)O2. The third-order valence-corrected chi connectivity index (χ3v) is 7.74. The van der Waals surface area contributed by atoms with E-state index < -0.39 is 22.7 Å². The molecule has 0 radical (unpaired) electrons. The average molecular weight is 425 g/mol. The van der Waals surface area contributed by atoms with Gasteiger partial charge in [0.1, 0.15) is 0 Å². The van der Waals surface area contributed by atoms with Crippen molar-refractivity contribution in [3.8, 4) is 0 Å². The maximum absolute atomic E-state index is 12.2. The first kappa shape index (κ1) is 22.5. The molecule has 1 saturated heterocycles. The largest absolute Gasteiger partial charge is 0.390 e. The quantitative estimate of drug-likeness (QED) is 0.586. The predicted octanol–water partition coefficient (Wildman–Crippen LogP) is 3.14. The molecule has 3 aliphatic carbocycles. The van der Waals surface area contributed by atoms with Crippen molar-refractivity contribution in [3.05, 3.63) is 0 Å². The highest BCUT2D eigenvalue weighted by Crippen LogP contribution is 2.54. The Morgan fingerprint density at radius 1 is 1.17 bits per heavy atom. The summed E-state index contributed by atoms with van der Waals surface area (Å²) in [5, 5.41) is 13.9. The summed E-state index contributed by atoms with van der Waals surface area (Å²) in [6.45, 7) is 6.27. The van der Waals surface area contributed by atoms with Gasteiger partial charge in [0.25, 0.3) is 0 Å². The Balaban J connectivity index is 1.29. The van der Waals surface area contributed by atoms with Gasteiger partial charge in [-0.2, -0.15) is 9.78 Å². The van der Waals surface area contributed by atoms with Crippen LogP contribution in [0.2, 0.25) is 0 Å². The highest BCUT2D eigenvalue weighted by molar-refractivity contribution is 5.76.